The number of ether oxygens (including phenoxy) is 2. The van der Waals surface area contributed by atoms with Crippen LogP contribution in [0.1, 0.15) is 50.9 Å². The summed E-state index contributed by atoms with van der Waals surface area (Å²) in [6, 6.07) is 12.7. The number of carbonyl (C=O) groups excluding carboxylic acids is 1. The molecule has 1 aliphatic carbocycles. The molecule has 1 aliphatic heterocycles. The van der Waals surface area contributed by atoms with E-state index in [4.69, 9.17) is 37.7 Å². The standard InChI is InChI=1S/C39H42Cl2N8O6/c1-22(50)47-14-11-26(12-15-47)48(38(51)52)20-23-8-9-30(44-37(23)55-4)29-7-5-6-27(33(29)40)28-10-13-42-35(34(28)41)24-16-31(54-3)36-45-32(46-49(36)21-24)19-43-25-17-39(2,53)18-25/h5-10,13,16,21,25-26,43,53H,11-12,14-15,17-20H2,1-4H3,(H,51,52). The van der Waals surface area contributed by atoms with Crippen molar-refractivity contribution in [3.05, 3.63) is 76.3 Å². The first-order valence-corrected chi connectivity index (χ1v) is 18.7. The summed E-state index contributed by atoms with van der Waals surface area (Å²) >= 11 is 14.2. The first-order chi connectivity index (χ1) is 26.3. The number of nitrogens with zero attached hydrogens (tertiary/aromatic N) is 7. The number of nitrogens with one attached hydrogen (secondary N) is 1. The lowest BCUT2D eigenvalue weighted by Gasteiger charge is -2.41. The molecule has 5 heterocycles. The topological polar surface area (TPSA) is 168 Å². The normalized spacial score (nSPS) is 18.6. The number of amides is 2. The minimum absolute atomic E-state index is 0.0123. The van der Waals surface area contributed by atoms with Crippen molar-refractivity contribution in [1.82, 2.24) is 39.7 Å². The number of aromatic nitrogens is 5. The van der Waals surface area contributed by atoms with Crippen LogP contribution in [0.2, 0.25) is 10.0 Å². The Balaban J connectivity index is 1.15. The zero-order chi connectivity index (χ0) is 39.0. The quantitative estimate of drug-likeness (QED) is 0.137. The minimum Gasteiger partial charge on any atom is -0.493 e. The van der Waals surface area contributed by atoms with Gasteiger partial charge in [-0.05, 0) is 56.9 Å². The highest BCUT2D eigenvalue weighted by atomic mass is 35.5. The van der Waals surface area contributed by atoms with Crippen LogP contribution in [0, 0.1) is 0 Å². The Morgan fingerprint density at radius 1 is 1.02 bits per heavy atom. The van der Waals surface area contributed by atoms with Crippen molar-refractivity contribution < 1.29 is 29.3 Å². The Labute approximate surface area is 328 Å². The van der Waals surface area contributed by atoms with Gasteiger partial charge in [0.25, 0.3) is 0 Å². The first-order valence-electron chi connectivity index (χ1n) is 18.0. The van der Waals surface area contributed by atoms with Crippen LogP contribution in [-0.4, -0.2) is 102 Å². The molecule has 0 unspecified atom stereocenters. The van der Waals surface area contributed by atoms with Crippen molar-refractivity contribution in [3.63, 3.8) is 0 Å². The van der Waals surface area contributed by atoms with Crippen molar-refractivity contribution in [2.24, 2.45) is 0 Å². The van der Waals surface area contributed by atoms with Gasteiger partial charge in [0.1, 0.15) is 0 Å². The van der Waals surface area contributed by atoms with Crippen molar-refractivity contribution in [3.8, 4) is 45.3 Å². The third kappa shape index (κ3) is 7.90. The summed E-state index contributed by atoms with van der Waals surface area (Å²) in [6.45, 7) is 4.89. The van der Waals surface area contributed by atoms with E-state index in [0.717, 1.165) is 0 Å². The molecule has 288 valence electrons. The molecule has 3 N–H and O–H groups in total. The van der Waals surface area contributed by atoms with E-state index in [1.165, 1.54) is 18.9 Å². The van der Waals surface area contributed by atoms with Gasteiger partial charge in [-0.25, -0.2) is 19.3 Å². The largest absolute Gasteiger partial charge is 0.493 e. The van der Waals surface area contributed by atoms with Crippen molar-refractivity contribution in [1.29, 1.82) is 0 Å². The summed E-state index contributed by atoms with van der Waals surface area (Å²) in [5, 5.41) is 29.0. The molecule has 0 bridgehead atoms. The van der Waals surface area contributed by atoms with Gasteiger partial charge < -0.3 is 34.8 Å². The monoisotopic (exact) mass is 788 g/mol. The first kappa shape index (κ1) is 38.3. The number of methoxy groups -OCH3 is 2. The van der Waals surface area contributed by atoms with E-state index in [2.05, 4.69) is 20.4 Å². The number of hydrogen-bond donors (Lipinski definition) is 3. The van der Waals surface area contributed by atoms with E-state index in [-0.39, 0.29) is 30.4 Å². The lowest BCUT2D eigenvalue weighted by molar-refractivity contribution is -0.130. The van der Waals surface area contributed by atoms with Crippen LogP contribution < -0.4 is 14.8 Å². The van der Waals surface area contributed by atoms with Gasteiger partial charge in [-0.15, -0.1) is 5.10 Å². The number of carbonyl (C=O) groups is 2. The van der Waals surface area contributed by atoms with Gasteiger partial charge in [-0.1, -0.05) is 41.4 Å². The zero-order valence-electron chi connectivity index (χ0n) is 30.9. The number of piperidine rings is 1. The molecule has 2 amide bonds. The number of hydrogen-bond acceptors (Lipinski definition) is 10. The van der Waals surface area contributed by atoms with E-state index < -0.39 is 11.7 Å². The molecule has 5 aromatic rings. The predicted octanol–water partition coefficient (Wildman–Crippen LogP) is 6.34. The second-order valence-corrected chi connectivity index (χ2v) is 15.0. The van der Waals surface area contributed by atoms with E-state index in [1.54, 1.807) is 47.1 Å². The van der Waals surface area contributed by atoms with Gasteiger partial charge in [0.05, 0.1) is 54.3 Å². The molecule has 55 heavy (non-hydrogen) atoms. The van der Waals surface area contributed by atoms with Crippen LogP contribution >= 0.6 is 23.2 Å². The summed E-state index contributed by atoms with van der Waals surface area (Å²) < 4.78 is 13.0. The summed E-state index contributed by atoms with van der Waals surface area (Å²) in [4.78, 5) is 41.3. The molecule has 4 aromatic heterocycles. The molecule has 2 aliphatic rings. The van der Waals surface area contributed by atoms with Crippen molar-refractivity contribution in [2.45, 2.75) is 70.3 Å². The lowest BCUT2D eigenvalue weighted by Crippen LogP contribution is -2.51. The highest BCUT2D eigenvalue weighted by Gasteiger charge is 2.38. The Bertz CT molecular complexity index is 2250. The Kier molecular flexibility index (Phi) is 10.9. The number of fused-ring (bicyclic) bond motifs is 1. The molecule has 1 saturated carbocycles. The Hall–Kier alpha value is -5.02. The van der Waals surface area contributed by atoms with Gasteiger partial charge in [0.2, 0.25) is 11.8 Å². The van der Waals surface area contributed by atoms with Crippen LogP contribution in [0.15, 0.2) is 54.9 Å². The fourth-order valence-electron chi connectivity index (χ4n) is 7.47. The number of likely N-dealkylation sites (tertiary alicyclic amines) is 1. The van der Waals surface area contributed by atoms with Crippen molar-refractivity contribution >= 4 is 40.8 Å². The molecule has 2 fully saturated rings. The van der Waals surface area contributed by atoms with E-state index in [1.807, 2.05) is 31.2 Å². The third-order valence-electron chi connectivity index (χ3n) is 10.4. The summed E-state index contributed by atoms with van der Waals surface area (Å²) in [5.74, 6) is 1.35. The number of halogens is 2. The molecule has 0 radical (unpaired) electrons. The van der Waals surface area contributed by atoms with Gasteiger partial charge in [-0.2, -0.15) is 0 Å². The Morgan fingerprint density at radius 3 is 2.42 bits per heavy atom. The van der Waals surface area contributed by atoms with E-state index in [9.17, 15) is 19.8 Å². The second-order valence-electron chi connectivity index (χ2n) is 14.3. The highest BCUT2D eigenvalue weighted by molar-refractivity contribution is 6.39. The smallest absolute Gasteiger partial charge is 0.407 e. The molecule has 1 aromatic carbocycles. The SMILES string of the molecule is COc1nc(-c2cccc(-c3ccnc(-c4cc(OC)c5nc(CNC6CC(C)(O)C6)nn5c4)c3Cl)c2Cl)ccc1CN(C(=O)O)C1CCN(C(C)=O)CC1. The van der Waals surface area contributed by atoms with Gasteiger partial charge in [0.15, 0.2) is 17.2 Å². The second kappa shape index (κ2) is 15.6. The molecular formula is C39H42Cl2N8O6. The number of benzene rings is 1. The van der Waals surface area contributed by atoms with E-state index >= 15 is 0 Å². The van der Waals surface area contributed by atoms with Gasteiger partial charge >= 0.3 is 6.09 Å². The zero-order valence-corrected chi connectivity index (χ0v) is 32.4. The number of aliphatic hydroxyl groups is 1. The molecule has 16 heteroatoms. The fourth-order valence-corrected chi connectivity index (χ4v) is 8.12. The maximum absolute atomic E-state index is 12.4. The summed E-state index contributed by atoms with van der Waals surface area (Å²) in [7, 11) is 3.06. The highest BCUT2D eigenvalue weighted by Crippen LogP contribution is 2.42. The average molecular weight is 790 g/mol. The van der Waals surface area contributed by atoms with Gasteiger partial charge in [0, 0.05) is 72.3 Å². The van der Waals surface area contributed by atoms with Crippen molar-refractivity contribution in [2.75, 3.05) is 27.3 Å². The number of rotatable bonds is 11. The average Bonchev–Trinajstić information content (AvgIpc) is 3.58. The van der Waals surface area contributed by atoms with Crippen LogP contribution in [0.25, 0.3) is 39.3 Å². The predicted molar refractivity (Wildman–Crippen MR) is 207 cm³/mol. The maximum atomic E-state index is 12.4. The number of pyridine rings is 3. The van der Waals surface area contributed by atoms with E-state index in [0.29, 0.717) is 112 Å². The molecular weight excluding hydrogens is 747 g/mol. The van der Waals surface area contributed by atoms with Crippen LogP contribution in [-0.2, 0) is 17.9 Å². The Morgan fingerprint density at radius 2 is 1.75 bits per heavy atom. The van der Waals surface area contributed by atoms with Crippen LogP contribution in [0.4, 0.5) is 4.79 Å². The van der Waals surface area contributed by atoms with Crippen LogP contribution in [0.3, 0.4) is 0 Å². The molecule has 0 spiro atoms. The molecule has 14 nitrogen and oxygen atoms in total. The lowest BCUT2D eigenvalue weighted by atomic mass is 9.77. The summed E-state index contributed by atoms with van der Waals surface area (Å²) in [5.41, 5.74) is 4.13. The van der Waals surface area contributed by atoms with Gasteiger partial charge in [-0.3, -0.25) is 9.78 Å². The molecule has 0 atom stereocenters. The molecule has 1 saturated heterocycles. The molecule has 7 rings (SSSR count). The minimum atomic E-state index is -1.05. The maximum Gasteiger partial charge on any atom is 0.407 e. The van der Waals surface area contributed by atoms with Crippen LogP contribution in [0.5, 0.6) is 11.6 Å². The number of carboxylic acid groups (broad SMARTS) is 1. The third-order valence-corrected chi connectivity index (χ3v) is 11.2. The fraction of sp³-hybridized carbons (Fsp3) is 0.385. The summed E-state index contributed by atoms with van der Waals surface area (Å²) in [6.07, 6.45) is 4.87.